The van der Waals surface area contributed by atoms with Crippen LogP contribution in [-0.2, 0) is 37.5 Å². The van der Waals surface area contributed by atoms with Crippen LogP contribution >= 0.6 is 0 Å². The highest BCUT2D eigenvalue weighted by Gasteiger charge is 2.44. The van der Waals surface area contributed by atoms with Gasteiger partial charge in [0.05, 0.1) is 24.6 Å². The number of benzene rings is 2. The van der Waals surface area contributed by atoms with Crippen LogP contribution in [0.15, 0.2) is 56.9 Å². The summed E-state index contributed by atoms with van der Waals surface area (Å²) in [6, 6.07) is 12.6. The molecule has 48 heavy (non-hydrogen) atoms. The normalized spacial score (nSPS) is 18.4. The first-order chi connectivity index (χ1) is 23.0. The van der Waals surface area contributed by atoms with Crippen molar-refractivity contribution in [1.82, 2.24) is 15.4 Å². The van der Waals surface area contributed by atoms with Gasteiger partial charge >= 0.3 is 0 Å². The van der Waals surface area contributed by atoms with Gasteiger partial charge < -0.3 is 14.6 Å². The first kappa shape index (κ1) is 35.3. The number of aromatic nitrogens is 1. The second-order valence-electron chi connectivity index (χ2n) is 12.9. The number of carbonyl (C=O) groups is 2. The van der Waals surface area contributed by atoms with Crippen molar-refractivity contribution in [3.8, 4) is 11.1 Å². The predicted octanol–water partition coefficient (Wildman–Crippen LogP) is 6.29. The molecule has 11 nitrogen and oxygen atoms in total. The third-order valence-corrected chi connectivity index (χ3v) is 10.7. The molecule has 1 aromatic heterocycles. The maximum absolute atomic E-state index is 14.0. The smallest absolute Gasteiger partial charge is 0.263 e. The van der Waals surface area contributed by atoms with E-state index in [9.17, 15) is 18.0 Å². The fraction of sp³-hybridized carbons (Fsp3) is 0.500. The number of nitrogens with one attached hydrogen (secondary N) is 2. The SMILES string of the molecule is CCCCC1=N[C@@](C)(CNC(=O)C2CCCC2)C(=O)N1Cc1ccc(-c2ccccc2S(=O)(=O)Nc2noc(C)c2C)c(COCC)c1. The topological polar surface area (TPSA) is 143 Å². The fourth-order valence-corrected chi connectivity index (χ4v) is 7.62. The molecule has 2 heterocycles. The van der Waals surface area contributed by atoms with Crippen LogP contribution in [0.2, 0.25) is 0 Å². The highest BCUT2D eigenvalue weighted by Crippen LogP contribution is 2.34. The molecule has 2 aromatic carbocycles. The van der Waals surface area contributed by atoms with E-state index in [1.54, 1.807) is 49.9 Å². The molecule has 0 bridgehead atoms. The Kier molecular flexibility index (Phi) is 11.0. The van der Waals surface area contributed by atoms with Gasteiger partial charge in [0.25, 0.3) is 15.9 Å². The summed E-state index contributed by atoms with van der Waals surface area (Å²) in [5.74, 6) is 1.27. The minimum absolute atomic E-state index is 0.00482. The molecule has 12 heteroatoms. The minimum Gasteiger partial charge on any atom is -0.377 e. The van der Waals surface area contributed by atoms with E-state index in [0.29, 0.717) is 42.0 Å². The van der Waals surface area contributed by atoms with Gasteiger partial charge in [-0.2, -0.15) is 0 Å². The van der Waals surface area contributed by atoms with E-state index >= 15 is 0 Å². The lowest BCUT2D eigenvalue weighted by atomic mass is 9.97. The van der Waals surface area contributed by atoms with Crippen molar-refractivity contribution < 1.29 is 27.3 Å². The Morgan fingerprint density at radius 1 is 1.10 bits per heavy atom. The highest BCUT2D eigenvalue weighted by atomic mass is 32.2. The Bertz CT molecular complexity index is 1780. The molecule has 1 aliphatic carbocycles. The summed E-state index contributed by atoms with van der Waals surface area (Å²) in [5.41, 5.74) is 2.40. The van der Waals surface area contributed by atoms with E-state index in [0.717, 1.165) is 55.5 Å². The van der Waals surface area contributed by atoms with Crippen molar-refractivity contribution in [1.29, 1.82) is 0 Å². The summed E-state index contributed by atoms with van der Waals surface area (Å²) < 4.78 is 40.9. The Balaban J connectivity index is 1.43. The maximum Gasteiger partial charge on any atom is 0.263 e. The van der Waals surface area contributed by atoms with E-state index in [1.807, 2.05) is 25.1 Å². The van der Waals surface area contributed by atoms with Gasteiger partial charge in [0.1, 0.15) is 11.6 Å². The van der Waals surface area contributed by atoms with E-state index in [1.165, 1.54) is 0 Å². The van der Waals surface area contributed by atoms with Crippen molar-refractivity contribution in [2.45, 2.75) is 103 Å². The number of aliphatic imine (C=N–C) groups is 1. The molecule has 258 valence electrons. The molecule has 5 rings (SSSR count). The van der Waals surface area contributed by atoms with Crippen LogP contribution in [0.1, 0.15) is 88.2 Å². The predicted molar refractivity (Wildman–Crippen MR) is 185 cm³/mol. The number of hydrogen-bond acceptors (Lipinski definition) is 8. The molecule has 1 aliphatic heterocycles. The number of anilines is 1. The molecule has 0 unspecified atom stereocenters. The second kappa shape index (κ2) is 15.0. The number of unbranched alkanes of at least 4 members (excludes halogenated alkanes) is 1. The standard InChI is InChI=1S/C36H47N5O6S/c1-6-8-17-32-38-36(5,23-37-34(42)27-13-9-10-14-27)35(43)41(32)21-26-18-19-29(28(20-26)22-46-7-2)30-15-11-12-16-31(30)48(44,45)40-33-24(3)25(4)47-39-33/h11-12,15-16,18-20,27H,6-10,13-14,17,21-23H2,1-5H3,(H,37,42)(H,39,40)/t36-/m0/s1. The third kappa shape index (κ3) is 7.65. The highest BCUT2D eigenvalue weighted by molar-refractivity contribution is 7.92. The number of carbonyl (C=O) groups excluding carboxylic acids is 2. The van der Waals surface area contributed by atoms with Gasteiger partial charge in [-0.15, -0.1) is 0 Å². The molecular formula is C36H47N5O6S. The zero-order valence-electron chi connectivity index (χ0n) is 28.6. The van der Waals surface area contributed by atoms with Crippen molar-refractivity contribution >= 4 is 33.5 Å². The summed E-state index contributed by atoms with van der Waals surface area (Å²) in [4.78, 5) is 33.5. The monoisotopic (exact) mass is 677 g/mol. The van der Waals surface area contributed by atoms with E-state index < -0.39 is 15.6 Å². The maximum atomic E-state index is 14.0. The van der Waals surface area contributed by atoms with Crippen LogP contribution < -0.4 is 10.0 Å². The number of amides is 2. The van der Waals surface area contributed by atoms with Gasteiger partial charge in [0.15, 0.2) is 11.4 Å². The Hall–Kier alpha value is -4.03. The third-order valence-electron chi connectivity index (χ3n) is 9.31. The summed E-state index contributed by atoms with van der Waals surface area (Å²) in [7, 11) is -4.03. The van der Waals surface area contributed by atoms with Gasteiger partial charge in [-0.25, -0.2) is 8.42 Å². The number of aryl methyl sites for hydroxylation is 1. The van der Waals surface area contributed by atoms with Crippen LogP contribution in [0.5, 0.6) is 0 Å². The molecule has 2 amide bonds. The first-order valence-corrected chi connectivity index (χ1v) is 18.4. The number of hydrogen-bond donors (Lipinski definition) is 2. The zero-order chi connectivity index (χ0) is 34.5. The number of nitrogens with zero attached hydrogens (tertiary/aromatic N) is 3. The average molecular weight is 678 g/mol. The molecule has 0 spiro atoms. The summed E-state index contributed by atoms with van der Waals surface area (Å²) in [6.45, 7) is 10.4. The molecule has 1 fully saturated rings. The van der Waals surface area contributed by atoms with Crippen LogP contribution in [-0.4, -0.2) is 54.8 Å². The fourth-order valence-electron chi connectivity index (χ4n) is 6.34. The largest absolute Gasteiger partial charge is 0.377 e. The number of rotatable bonds is 15. The molecular weight excluding hydrogens is 630 g/mol. The quantitative estimate of drug-likeness (QED) is 0.192. The Morgan fingerprint density at radius 2 is 1.85 bits per heavy atom. The molecule has 3 aromatic rings. The van der Waals surface area contributed by atoms with E-state index in [-0.39, 0.29) is 41.6 Å². The van der Waals surface area contributed by atoms with Crippen LogP contribution in [0.3, 0.4) is 0 Å². The Morgan fingerprint density at radius 3 is 2.54 bits per heavy atom. The van der Waals surface area contributed by atoms with Gasteiger partial charge in [-0.3, -0.25) is 24.2 Å². The van der Waals surface area contributed by atoms with Gasteiger partial charge in [0, 0.05) is 30.1 Å². The van der Waals surface area contributed by atoms with E-state index in [2.05, 4.69) is 22.1 Å². The second-order valence-corrected chi connectivity index (χ2v) is 14.6. The van der Waals surface area contributed by atoms with Crippen molar-refractivity contribution in [2.75, 3.05) is 17.9 Å². The average Bonchev–Trinajstić information content (AvgIpc) is 3.79. The van der Waals surface area contributed by atoms with Gasteiger partial charge in [-0.1, -0.05) is 67.7 Å². The zero-order valence-corrected chi connectivity index (χ0v) is 29.4. The van der Waals surface area contributed by atoms with Crippen molar-refractivity contribution in [2.24, 2.45) is 10.9 Å². The molecule has 2 N–H and O–H groups in total. The Labute approximate surface area is 283 Å². The number of sulfonamides is 1. The molecule has 0 saturated heterocycles. The van der Waals surface area contributed by atoms with Crippen LogP contribution in [0.25, 0.3) is 11.1 Å². The molecule has 1 saturated carbocycles. The van der Waals surface area contributed by atoms with Gasteiger partial charge in [-0.05, 0) is 69.7 Å². The summed E-state index contributed by atoms with van der Waals surface area (Å²) >= 11 is 0. The lowest BCUT2D eigenvalue weighted by Gasteiger charge is -2.24. The lowest BCUT2D eigenvalue weighted by Crippen LogP contribution is -2.48. The number of amidine groups is 1. The summed E-state index contributed by atoms with van der Waals surface area (Å²) in [5, 5.41) is 6.90. The van der Waals surface area contributed by atoms with Crippen LogP contribution in [0.4, 0.5) is 5.82 Å². The van der Waals surface area contributed by atoms with Crippen molar-refractivity contribution in [3.63, 3.8) is 0 Å². The lowest BCUT2D eigenvalue weighted by molar-refractivity contribution is -0.131. The molecule has 2 aliphatic rings. The van der Waals surface area contributed by atoms with Gasteiger partial charge in [0.2, 0.25) is 5.91 Å². The van der Waals surface area contributed by atoms with E-state index in [4.69, 9.17) is 14.3 Å². The first-order valence-electron chi connectivity index (χ1n) is 16.9. The van der Waals surface area contributed by atoms with Crippen molar-refractivity contribution in [3.05, 3.63) is 64.9 Å². The van der Waals surface area contributed by atoms with Crippen LogP contribution in [0, 0.1) is 19.8 Å². The molecule has 1 atom stereocenters. The minimum atomic E-state index is -4.03. The number of ether oxygens (including phenoxy) is 1. The molecule has 0 radical (unpaired) electrons. The summed E-state index contributed by atoms with van der Waals surface area (Å²) in [6.07, 6.45) is 6.40.